The molecule has 0 aliphatic rings. The zero-order chi connectivity index (χ0) is 27.8. The molecule has 0 radical (unpaired) electrons. The molecule has 0 aliphatic carbocycles. The molecule has 0 aromatic heterocycles. The first-order valence-electron chi connectivity index (χ1n) is 14.2. The second-order valence-corrected chi connectivity index (χ2v) is 9.76. The Morgan fingerprint density at radius 1 is 0.359 bits per heavy atom. The molecule has 1 nitrogen and oxygen atoms in total. The summed E-state index contributed by atoms with van der Waals surface area (Å²) in [5.74, 6) is 0. The monoisotopic (exact) mass is 499 g/mol. The SMILES string of the molecule is [2H]/C(=C(/[2H])c1ccc2ccccc2c1)c1ccc(N(c2ccc3ccccc3c2)c2ccc3ccccc3c2)cc1. The highest BCUT2D eigenvalue weighted by atomic mass is 15.1. The molecule has 0 saturated heterocycles. The Balaban J connectivity index is 1.30. The van der Waals surface area contributed by atoms with Gasteiger partial charge >= 0.3 is 0 Å². The fourth-order valence-electron chi connectivity index (χ4n) is 5.18. The van der Waals surface area contributed by atoms with Crippen LogP contribution >= 0.6 is 0 Å². The molecule has 0 aliphatic heterocycles. The van der Waals surface area contributed by atoms with Crippen molar-refractivity contribution >= 4 is 61.5 Å². The third-order valence-corrected chi connectivity index (χ3v) is 7.21. The Kier molecular flexibility index (Phi) is 5.33. The number of hydrogen-bond donors (Lipinski definition) is 0. The lowest BCUT2D eigenvalue weighted by atomic mass is 10.0. The molecular weight excluding hydrogens is 470 g/mol. The highest BCUT2D eigenvalue weighted by Gasteiger charge is 2.13. The number of benzene rings is 7. The normalized spacial score (nSPS) is 12.7. The molecule has 0 fully saturated rings. The zero-order valence-electron chi connectivity index (χ0n) is 23.4. The molecule has 0 N–H and O–H groups in total. The molecule has 0 amide bonds. The molecule has 0 heterocycles. The second-order valence-electron chi connectivity index (χ2n) is 9.76. The number of rotatable bonds is 5. The van der Waals surface area contributed by atoms with E-state index in [2.05, 4.69) is 95.9 Å². The first-order chi connectivity index (χ1) is 20.1. The van der Waals surface area contributed by atoms with Gasteiger partial charge in [0.2, 0.25) is 0 Å². The van der Waals surface area contributed by atoms with E-state index in [1.807, 2.05) is 60.7 Å². The Hall–Kier alpha value is -5.14. The summed E-state index contributed by atoms with van der Waals surface area (Å²) in [6.45, 7) is 0. The van der Waals surface area contributed by atoms with Crippen LogP contribution in [-0.4, -0.2) is 0 Å². The third kappa shape index (κ3) is 4.67. The van der Waals surface area contributed by atoms with E-state index in [1.54, 1.807) is 0 Å². The molecule has 7 aromatic rings. The average molecular weight is 500 g/mol. The molecule has 39 heavy (non-hydrogen) atoms. The van der Waals surface area contributed by atoms with E-state index in [9.17, 15) is 0 Å². The Bertz CT molecular complexity index is 2000. The van der Waals surface area contributed by atoms with E-state index in [0.717, 1.165) is 33.4 Å². The van der Waals surface area contributed by atoms with Crippen molar-refractivity contribution in [3.05, 3.63) is 163 Å². The van der Waals surface area contributed by atoms with Crippen molar-refractivity contribution in [1.82, 2.24) is 0 Å². The van der Waals surface area contributed by atoms with Gasteiger partial charge in [-0.15, -0.1) is 0 Å². The molecule has 0 bridgehead atoms. The zero-order valence-corrected chi connectivity index (χ0v) is 21.4. The van der Waals surface area contributed by atoms with Crippen LogP contribution in [0.4, 0.5) is 17.1 Å². The van der Waals surface area contributed by atoms with Gasteiger partial charge in [-0.05, 0) is 85.9 Å². The van der Waals surface area contributed by atoms with E-state index in [-0.39, 0.29) is 12.1 Å². The smallest absolute Gasteiger partial charge is 0.0629 e. The van der Waals surface area contributed by atoms with Crippen molar-refractivity contribution in [2.75, 3.05) is 4.90 Å². The molecule has 0 atom stereocenters. The van der Waals surface area contributed by atoms with Gasteiger partial charge in [-0.25, -0.2) is 0 Å². The van der Waals surface area contributed by atoms with E-state index in [4.69, 9.17) is 2.74 Å². The molecular formula is C38H27N. The van der Waals surface area contributed by atoms with Crippen molar-refractivity contribution in [3.63, 3.8) is 0 Å². The standard InChI is InChI=1S/C38H27N/c1-4-10-33-25-29(15-18-30(33)7-1)14-13-28-16-21-36(22-17-28)39(37-23-19-31-8-2-5-11-34(31)26-37)38-24-20-32-9-3-6-12-35(32)27-38/h1-27H/b14-13+/i13D,14D. The lowest BCUT2D eigenvalue weighted by Crippen LogP contribution is -2.09. The summed E-state index contributed by atoms with van der Waals surface area (Å²) in [6.07, 6.45) is 0. The van der Waals surface area contributed by atoms with Crippen molar-refractivity contribution < 1.29 is 2.74 Å². The molecule has 0 saturated carbocycles. The van der Waals surface area contributed by atoms with Gasteiger partial charge < -0.3 is 4.90 Å². The highest BCUT2D eigenvalue weighted by Crippen LogP contribution is 2.37. The summed E-state index contributed by atoms with van der Waals surface area (Å²) < 4.78 is 17.6. The lowest BCUT2D eigenvalue weighted by Gasteiger charge is -2.26. The minimum Gasteiger partial charge on any atom is -0.310 e. The molecule has 0 unspecified atom stereocenters. The summed E-state index contributed by atoms with van der Waals surface area (Å²) in [4.78, 5) is 2.25. The van der Waals surface area contributed by atoms with Crippen LogP contribution in [0.1, 0.15) is 13.9 Å². The summed E-state index contributed by atoms with van der Waals surface area (Å²) in [5.41, 5.74) is 4.57. The van der Waals surface area contributed by atoms with Crippen molar-refractivity contribution in [1.29, 1.82) is 0 Å². The van der Waals surface area contributed by atoms with Crippen LogP contribution in [0.25, 0.3) is 44.4 Å². The summed E-state index contributed by atoms with van der Waals surface area (Å²) in [6, 6.07) is 52.3. The molecule has 7 aromatic carbocycles. The second kappa shape index (κ2) is 9.96. The topological polar surface area (TPSA) is 3.24 Å². The van der Waals surface area contributed by atoms with Crippen LogP contribution in [0.2, 0.25) is 0 Å². The first-order valence-corrected chi connectivity index (χ1v) is 13.2. The van der Waals surface area contributed by atoms with Gasteiger partial charge in [-0.2, -0.15) is 0 Å². The minimum atomic E-state index is 0.204. The Labute approximate surface area is 231 Å². The maximum Gasteiger partial charge on any atom is 0.0629 e. The van der Waals surface area contributed by atoms with Crippen molar-refractivity contribution in [2.45, 2.75) is 0 Å². The van der Waals surface area contributed by atoms with E-state index in [1.165, 1.54) is 21.5 Å². The molecule has 0 spiro atoms. The number of fused-ring (bicyclic) bond motifs is 3. The van der Waals surface area contributed by atoms with Gasteiger partial charge in [0, 0.05) is 17.1 Å². The predicted molar refractivity (Wildman–Crippen MR) is 169 cm³/mol. The Morgan fingerprint density at radius 2 is 0.744 bits per heavy atom. The summed E-state index contributed by atoms with van der Waals surface area (Å²) in [7, 11) is 0. The molecule has 7 rings (SSSR count). The van der Waals surface area contributed by atoms with Crippen LogP contribution in [0, 0.1) is 0 Å². The van der Waals surface area contributed by atoms with Crippen LogP contribution in [-0.2, 0) is 0 Å². The average Bonchev–Trinajstić information content (AvgIpc) is 3.04. The van der Waals surface area contributed by atoms with E-state index in [0.29, 0.717) is 5.56 Å². The predicted octanol–water partition coefficient (Wildman–Crippen LogP) is 10.8. The molecule has 184 valence electrons. The number of hydrogen-bond acceptors (Lipinski definition) is 1. The highest BCUT2D eigenvalue weighted by molar-refractivity contribution is 5.92. The van der Waals surface area contributed by atoms with E-state index >= 15 is 0 Å². The van der Waals surface area contributed by atoms with Crippen molar-refractivity contribution in [2.24, 2.45) is 0 Å². The minimum absolute atomic E-state index is 0.204. The fourth-order valence-corrected chi connectivity index (χ4v) is 5.18. The number of nitrogens with zero attached hydrogens (tertiary/aromatic N) is 1. The maximum atomic E-state index is 8.83. The first kappa shape index (κ1) is 20.9. The Morgan fingerprint density at radius 3 is 1.28 bits per heavy atom. The van der Waals surface area contributed by atoms with Crippen molar-refractivity contribution in [3.8, 4) is 0 Å². The summed E-state index contributed by atoms with van der Waals surface area (Å²) in [5, 5.41) is 6.95. The largest absolute Gasteiger partial charge is 0.310 e. The quantitative estimate of drug-likeness (QED) is 0.213. The van der Waals surface area contributed by atoms with Gasteiger partial charge in [0.1, 0.15) is 0 Å². The van der Waals surface area contributed by atoms with Gasteiger partial charge in [-0.1, -0.05) is 121 Å². The number of anilines is 3. The van der Waals surface area contributed by atoms with Crippen LogP contribution in [0.5, 0.6) is 0 Å². The fraction of sp³-hybridized carbons (Fsp3) is 0. The van der Waals surface area contributed by atoms with Gasteiger partial charge in [0.05, 0.1) is 2.74 Å². The van der Waals surface area contributed by atoms with Gasteiger partial charge in [-0.3, -0.25) is 0 Å². The van der Waals surface area contributed by atoms with Crippen LogP contribution in [0.3, 0.4) is 0 Å². The van der Waals surface area contributed by atoms with Crippen LogP contribution in [0.15, 0.2) is 152 Å². The maximum absolute atomic E-state index is 8.83. The third-order valence-electron chi connectivity index (χ3n) is 7.21. The lowest BCUT2D eigenvalue weighted by molar-refractivity contribution is 1.29. The van der Waals surface area contributed by atoms with Gasteiger partial charge in [0.25, 0.3) is 0 Å². The van der Waals surface area contributed by atoms with Crippen LogP contribution < -0.4 is 4.90 Å². The molecule has 1 heteroatoms. The van der Waals surface area contributed by atoms with Gasteiger partial charge in [0.15, 0.2) is 0 Å². The summed E-state index contributed by atoms with van der Waals surface area (Å²) >= 11 is 0. The van der Waals surface area contributed by atoms with E-state index < -0.39 is 0 Å².